The lowest BCUT2D eigenvalue weighted by atomic mass is 10.1. The molecule has 0 aliphatic heterocycles. The van der Waals surface area contributed by atoms with Gasteiger partial charge in [-0.25, -0.2) is 8.78 Å². The zero-order valence-electron chi connectivity index (χ0n) is 9.82. The van der Waals surface area contributed by atoms with Crippen LogP contribution in [0.1, 0.15) is 10.4 Å². The molecule has 0 spiro atoms. The average molecular weight is 344 g/mol. The molecule has 0 aliphatic carbocycles. The minimum Gasteiger partial charge on any atom is -0.508 e. The Morgan fingerprint density at radius 1 is 1.10 bits per heavy atom. The summed E-state index contributed by atoms with van der Waals surface area (Å²) >= 11 is 2.87. The molecule has 0 saturated heterocycles. The summed E-state index contributed by atoms with van der Waals surface area (Å²) in [6.45, 7) is 0. The van der Waals surface area contributed by atoms with Crippen molar-refractivity contribution in [3.63, 3.8) is 0 Å². The lowest BCUT2D eigenvalue weighted by Gasteiger charge is -2.09. The van der Waals surface area contributed by atoms with Crippen molar-refractivity contribution in [2.75, 3.05) is 5.32 Å². The van der Waals surface area contributed by atoms with E-state index in [1.165, 1.54) is 12.1 Å². The molecule has 3 N–H and O–H groups in total. The first-order valence-electron chi connectivity index (χ1n) is 5.36. The van der Waals surface area contributed by atoms with Crippen LogP contribution in [-0.4, -0.2) is 16.1 Å². The molecule has 2 aromatic rings. The average Bonchev–Trinajstić information content (AvgIpc) is 2.35. The molecule has 20 heavy (non-hydrogen) atoms. The normalized spacial score (nSPS) is 10.3. The number of aromatic hydroxyl groups is 2. The summed E-state index contributed by atoms with van der Waals surface area (Å²) < 4.78 is 26.5. The molecule has 2 rings (SSSR count). The van der Waals surface area contributed by atoms with Crippen molar-refractivity contribution in [2.45, 2.75) is 0 Å². The van der Waals surface area contributed by atoms with Gasteiger partial charge in [0.05, 0.1) is 15.7 Å². The largest absolute Gasteiger partial charge is 0.508 e. The van der Waals surface area contributed by atoms with Crippen LogP contribution in [-0.2, 0) is 0 Å². The highest BCUT2D eigenvalue weighted by Gasteiger charge is 2.15. The Morgan fingerprint density at radius 3 is 2.45 bits per heavy atom. The van der Waals surface area contributed by atoms with E-state index in [9.17, 15) is 18.7 Å². The number of phenolic OH excluding ortho intramolecular Hbond substituents is 2. The number of hydrogen-bond donors (Lipinski definition) is 3. The summed E-state index contributed by atoms with van der Waals surface area (Å²) in [4.78, 5) is 11.9. The molecule has 7 heteroatoms. The Balaban J connectivity index is 2.30. The first kappa shape index (κ1) is 14.3. The Bertz CT molecular complexity index is 692. The molecule has 104 valence electrons. The first-order valence-corrected chi connectivity index (χ1v) is 6.15. The molecule has 4 nitrogen and oxygen atoms in total. The fourth-order valence-corrected chi connectivity index (χ4v) is 1.86. The molecule has 0 bridgehead atoms. The summed E-state index contributed by atoms with van der Waals surface area (Å²) in [5.74, 6) is -3.20. The van der Waals surface area contributed by atoms with Crippen molar-refractivity contribution in [3.8, 4) is 11.5 Å². The molecule has 0 unspecified atom stereocenters. The van der Waals surface area contributed by atoms with Gasteiger partial charge in [0.15, 0.2) is 0 Å². The summed E-state index contributed by atoms with van der Waals surface area (Å²) in [6, 6.07) is 5.05. The summed E-state index contributed by atoms with van der Waals surface area (Å²) in [5, 5.41) is 20.8. The Labute approximate surface area is 120 Å². The van der Waals surface area contributed by atoms with Gasteiger partial charge in [-0.3, -0.25) is 4.79 Å². The maximum atomic E-state index is 13.5. The van der Waals surface area contributed by atoms with E-state index in [0.717, 1.165) is 12.1 Å². The monoisotopic (exact) mass is 343 g/mol. The molecule has 0 heterocycles. The van der Waals surface area contributed by atoms with Gasteiger partial charge in [0.2, 0.25) is 0 Å². The van der Waals surface area contributed by atoms with Gasteiger partial charge in [-0.1, -0.05) is 0 Å². The minimum absolute atomic E-state index is 0.0101. The van der Waals surface area contributed by atoms with Crippen LogP contribution in [0.15, 0.2) is 34.8 Å². The van der Waals surface area contributed by atoms with Crippen LogP contribution >= 0.6 is 15.9 Å². The Hall–Kier alpha value is -2.15. The number of phenols is 2. The van der Waals surface area contributed by atoms with E-state index in [4.69, 9.17) is 5.11 Å². The van der Waals surface area contributed by atoms with E-state index < -0.39 is 23.3 Å². The van der Waals surface area contributed by atoms with E-state index in [0.29, 0.717) is 6.07 Å². The lowest BCUT2D eigenvalue weighted by Crippen LogP contribution is -2.13. The van der Waals surface area contributed by atoms with Crippen LogP contribution in [0.3, 0.4) is 0 Å². The highest BCUT2D eigenvalue weighted by atomic mass is 79.9. The zero-order valence-corrected chi connectivity index (χ0v) is 11.4. The van der Waals surface area contributed by atoms with E-state index in [1.807, 2.05) is 0 Å². The van der Waals surface area contributed by atoms with E-state index in [1.54, 1.807) is 0 Å². The molecule has 0 fully saturated rings. The summed E-state index contributed by atoms with van der Waals surface area (Å²) in [6.07, 6.45) is 0. The second-order valence-corrected chi connectivity index (χ2v) is 4.76. The van der Waals surface area contributed by atoms with Crippen molar-refractivity contribution >= 4 is 27.5 Å². The Morgan fingerprint density at radius 2 is 1.80 bits per heavy atom. The smallest absolute Gasteiger partial charge is 0.259 e. The van der Waals surface area contributed by atoms with Crippen LogP contribution in [0.2, 0.25) is 0 Å². The van der Waals surface area contributed by atoms with Crippen molar-refractivity contribution in [1.82, 2.24) is 0 Å². The molecule has 0 aromatic heterocycles. The molecule has 2 aromatic carbocycles. The van der Waals surface area contributed by atoms with Crippen molar-refractivity contribution < 1.29 is 23.8 Å². The zero-order chi connectivity index (χ0) is 14.9. The third-order valence-electron chi connectivity index (χ3n) is 2.48. The number of rotatable bonds is 2. The Kier molecular flexibility index (Phi) is 3.89. The van der Waals surface area contributed by atoms with Crippen molar-refractivity contribution in [3.05, 3.63) is 52.0 Å². The molecule has 0 aliphatic rings. The second-order valence-electron chi connectivity index (χ2n) is 3.90. The summed E-state index contributed by atoms with van der Waals surface area (Å²) in [7, 11) is 0. The standard InChI is InChI=1S/C13H8BrF2NO3/c14-8-4-11(10(16)5-9(8)15)17-13(20)7-2-1-6(18)3-12(7)19/h1-5,18-19H,(H,17,20). The third kappa shape index (κ3) is 2.88. The number of benzene rings is 2. The topological polar surface area (TPSA) is 69.6 Å². The van der Waals surface area contributed by atoms with Gasteiger partial charge in [0.25, 0.3) is 5.91 Å². The van der Waals surface area contributed by atoms with Crippen LogP contribution in [0.5, 0.6) is 11.5 Å². The van der Waals surface area contributed by atoms with Crippen LogP contribution in [0.4, 0.5) is 14.5 Å². The van der Waals surface area contributed by atoms with E-state index in [-0.39, 0.29) is 21.5 Å². The van der Waals surface area contributed by atoms with Gasteiger partial charge < -0.3 is 15.5 Å². The van der Waals surface area contributed by atoms with Crippen LogP contribution < -0.4 is 5.32 Å². The fraction of sp³-hybridized carbons (Fsp3) is 0. The summed E-state index contributed by atoms with van der Waals surface area (Å²) in [5.41, 5.74) is -0.390. The number of nitrogens with one attached hydrogen (secondary N) is 1. The number of amides is 1. The molecule has 1 amide bonds. The minimum atomic E-state index is -0.947. The van der Waals surface area contributed by atoms with E-state index >= 15 is 0 Å². The number of hydrogen-bond acceptors (Lipinski definition) is 3. The molecule has 0 radical (unpaired) electrons. The number of carbonyl (C=O) groups excluding carboxylic acids is 1. The SMILES string of the molecule is O=C(Nc1cc(Br)c(F)cc1F)c1ccc(O)cc1O. The molecule has 0 saturated carbocycles. The maximum absolute atomic E-state index is 13.5. The number of halogens is 3. The van der Waals surface area contributed by atoms with Gasteiger partial charge in [0.1, 0.15) is 23.1 Å². The second kappa shape index (κ2) is 5.46. The number of anilines is 1. The fourth-order valence-electron chi connectivity index (χ4n) is 1.52. The van der Waals surface area contributed by atoms with Crippen molar-refractivity contribution in [1.29, 1.82) is 0 Å². The number of carbonyl (C=O) groups is 1. The predicted molar refractivity (Wildman–Crippen MR) is 71.8 cm³/mol. The van der Waals surface area contributed by atoms with Gasteiger partial charge in [-0.2, -0.15) is 0 Å². The molecule has 0 atom stereocenters. The molecular weight excluding hydrogens is 336 g/mol. The van der Waals surface area contributed by atoms with Crippen LogP contribution in [0, 0.1) is 11.6 Å². The van der Waals surface area contributed by atoms with Gasteiger partial charge in [-0.15, -0.1) is 0 Å². The third-order valence-corrected chi connectivity index (χ3v) is 3.09. The van der Waals surface area contributed by atoms with Crippen molar-refractivity contribution in [2.24, 2.45) is 0 Å². The lowest BCUT2D eigenvalue weighted by molar-refractivity contribution is 0.102. The highest BCUT2D eigenvalue weighted by molar-refractivity contribution is 9.10. The van der Waals surface area contributed by atoms with Crippen LogP contribution in [0.25, 0.3) is 0 Å². The quantitative estimate of drug-likeness (QED) is 0.732. The molecular formula is C13H8BrF2NO3. The van der Waals surface area contributed by atoms with Gasteiger partial charge in [-0.05, 0) is 34.1 Å². The first-order chi connectivity index (χ1) is 9.38. The predicted octanol–water partition coefficient (Wildman–Crippen LogP) is 3.39. The maximum Gasteiger partial charge on any atom is 0.259 e. The highest BCUT2D eigenvalue weighted by Crippen LogP contribution is 2.26. The van der Waals surface area contributed by atoms with E-state index in [2.05, 4.69) is 21.2 Å². The van der Waals surface area contributed by atoms with Gasteiger partial charge in [0, 0.05) is 12.1 Å². The van der Waals surface area contributed by atoms with Gasteiger partial charge >= 0.3 is 0 Å².